The Hall–Kier alpha value is -1.26. The van der Waals surface area contributed by atoms with Crippen LogP contribution in [0.25, 0.3) is 0 Å². The van der Waals surface area contributed by atoms with Crippen LogP contribution in [0, 0.1) is 0 Å². The number of nitrogen functional groups attached to an aromatic ring is 1. The number of anilines is 1. The number of hydrogen-bond acceptors (Lipinski definition) is 4. The van der Waals surface area contributed by atoms with Crippen LogP contribution in [-0.4, -0.2) is 37.8 Å². The Bertz CT molecular complexity index is 395. The monoisotopic (exact) mass is 250 g/mol. The normalized spacial score (nSPS) is 20.9. The van der Waals surface area contributed by atoms with Crippen LogP contribution in [0.2, 0.25) is 0 Å². The summed E-state index contributed by atoms with van der Waals surface area (Å²) in [6.45, 7) is 5.66. The number of hydrogen-bond donors (Lipinski definition) is 1. The van der Waals surface area contributed by atoms with E-state index in [1.165, 1.54) is 0 Å². The maximum atomic E-state index is 5.86. The van der Waals surface area contributed by atoms with Crippen LogP contribution >= 0.6 is 0 Å². The number of nitrogens with zero attached hydrogens (tertiary/aromatic N) is 1. The van der Waals surface area contributed by atoms with E-state index < -0.39 is 0 Å². The summed E-state index contributed by atoms with van der Waals surface area (Å²) in [5.41, 5.74) is 7.79. The molecule has 1 saturated heterocycles. The molecule has 4 nitrogen and oxygen atoms in total. The first-order valence-corrected chi connectivity index (χ1v) is 6.48. The van der Waals surface area contributed by atoms with Gasteiger partial charge in [-0.25, -0.2) is 0 Å². The van der Waals surface area contributed by atoms with Gasteiger partial charge in [0.15, 0.2) is 0 Å². The molecule has 0 amide bonds. The maximum absolute atomic E-state index is 5.86. The van der Waals surface area contributed by atoms with Crippen molar-refractivity contribution in [3.05, 3.63) is 23.8 Å². The van der Waals surface area contributed by atoms with E-state index in [0.29, 0.717) is 6.04 Å². The highest BCUT2D eigenvalue weighted by Gasteiger charge is 2.22. The lowest BCUT2D eigenvalue weighted by Crippen LogP contribution is -2.44. The van der Waals surface area contributed by atoms with Crippen molar-refractivity contribution in [2.24, 2.45) is 0 Å². The summed E-state index contributed by atoms with van der Waals surface area (Å²) < 4.78 is 10.9. The minimum atomic E-state index is 0.491. The molecule has 1 aliphatic heterocycles. The van der Waals surface area contributed by atoms with E-state index in [9.17, 15) is 0 Å². The maximum Gasteiger partial charge on any atom is 0.123 e. The van der Waals surface area contributed by atoms with Gasteiger partial charge >= 0.3 is 0 Å². The molecular weight excluding hydrogens is 228 g/mol. The molecule has 1 fully saturated rings. The molecule has 1 atom stereocenters. The topological polar surface area (TPSA) is 47.7 Å². The molecule has 0 bridgehead atoms. The predicted octanol–water partition coefficient (Wildman–Crippen LogP) is 1.89. The number of methoxy groups -OCH3 is 1. The Morgan fingerprint density at radius 3 is 3.06 bits per heavy atom. The van der Waals surface area contributed by atoms with Crippen LogP contribution < -0.4 is 10.5 Å². The molecule has 1 unspecified atom stereocenters. The van der Waals surface area contributed by atoms with Gasteiger partial charge < -0.3 is 15.2 Å². The van der Waals surface area contributed by atoms with Crippen molar-refractivity contribution in [3.8, 4) is 5.75 Å². The average molecular weight is 250 g/mol. The average Bonchev–Trinajstić information content (AvgIpc) is 2.40. The minimum Gasteiger partial charge on any atom is -0.496 e. The van der Waals surface area contributed by atoms with Crippen LogP contribution in [0.4, 0.5) is 5.69 Å². The second-order valence-corrected chi connectivity index (χ2v) is 4.68. The van der Waals surface area contributed by atoms with Gasteiger partial charge in [0.25, 0.3) is 0 Å². The van der Waals surface area contributed by atoms with Crippen molar-refractivity contribution >= 4 is 5.69 Å². The Morgan fingerprint density at radius 2 is 2.33 bits per heavy atom. The summed E-state index contributed by atoms with van der Waals surface area (Å²) in [6, 6.07) is 6.30. The third-order valence-corrected chi connectivity index (χ3v) is 3.50. The quantitative estimate of drug-likeness (QED) is 0.829. The van der Waals surface area contributed by atoms with Crippen molar-refractivity contribution in [2.75, 3.05) is 32.6 Å². The Kier molecular flexibility index (Phi) is 4.44. The lowest BCUT2D eigenvalue weighted by molar-refractivity contribution is -0.0129. The predicted molar refractivity (Wildman–Crippen MR) is 72.7 cm³/mol. The standard InChI is InChI=1S/C14H22N2O2/c1-3-13-10-18-7-6-16(13)9-11-8-12(15)4-5-14(11)17-2/h4-5,8,13H,3,6-7,9-10,15H2,1-2H3. The second kappa shape index (κ2) is 6.07. The van der Waals surface area contributed by atoms with E-state index in [1.54, 1.807) is 7.11 Å². The smallest absolute Gasteiger partial charge is 0.123 e. The molecule has 0 aliphatic carbocycles. The van der Waals surface area contributed by atoms with Crippen LogP contribution in [0.3, 0.4) is 0 Å². The molecule has 2 rings (SSSR count). The highest BCUT2D eigenvalue weighted by atomic mass is 16.5. The lowest BCUT2D eigenvalue weighted by atomic mass is 10.1. The minimum absolute atomic E-state index is 0.491. The van der Waals surface area contributed by atoms with E-state index >= 15 is 0 Å². The Labute approximate surface area is 109 Å². The SMILES string of the molecule is CCC1COCCN1Cc1cc(N)ccc1OC. The summed E-state index contributed by atoms with van der Waals surface area (Å²) in [6.07, 6.45) is 1.10. The fraction of sp³-hybridized carbons (Fsp3) is 0.571. The molecule has 1 heterocycles. The van der Waals surface area contributed by atoms with Crippen molar-refractivity contribution in [2.45, 2.75) is 25.9 Å². The number of nitrogens with two attached hydrogens (primary N) is 1. The van der Waals surface area contributed by atoms with E-state index in [1.807, 2.05) is 18.2 Å². The second-order valence-electron chi connectivity index (χ2n) is 4.68. The zero-order valence-electron chi connectivity index (χ0n) is 11.2. The third kappa shape index (κ3) is 2.94. The van der Waals surface area contributed by atoms with Crippen molar-refractivity contribution in [1.29, 1.82) is 0 Å². The molecule has 2 N–H and O–H groups in total. The summed E-state index contributed by atoms with van der Waals surface area (Å²) >= 11 is 0. The van der Waals surface area contributed by atoms with Gasteiger partial charge in [-0.1, -0.05) is 6.92 Å². The molecule has 0 radical (unpaired) electrons. The first-order chi connectivity index (χ1) is 8.74. The van der Waals surface area contributed by atoms with Crippen molar-refractivity contribution in [3.63, 3.8) is 0 Å². The summed E-state index contributed by atoms with van der Waals surface area (Å²) in [5.74, 6) is 0.908. The van der Waals surface area contributed by atoms with Gasteiger partial charge in [-0.2, -0.15) is 0 Å². The van der Waals surface area contributed by atoms with Gasteiger partial charge in [0.1, 0.15) is 5.75 Å². The molecule has 100 valence electrons. The summed E-state index contributed by atoms with van der Waals surface area (Å²) in [4.78, 5) is 2.45. The van der Waals surface area contributed by atoms with Gasteiger partial charge in [-0.05, 0) is 24.6 Å². The van der Waals surface area contributed by atoms with Crippen LogP contribution in [0.15, 0.2) is 18.2 Å². The molecule has 0 saturated carbocycles. The van der Waals surface area contributed by atoms with Crippen LogP contribution in [-0.2, 0) is 11.3 Å². The molecule has 0 aromatic heterocycles. The highest BCUT2D eigenvalue weighted by Crippen LogP contribution is 2.24. The molecule has 18 heavy (non-hydrogen) atoms. The van der Waals surface area contributed by atoms with Crippen LogP contribution in [0.5, 0.6) is 5.75 Å². The Morgan fingerprint density at radius 1 is 1.50 bits per heavy atom. The zero-order valence-corrected chi connectivity index (χ0v) is 11.2. The lowest BCUT2D eigenvalue weighted by Gasteiger charge is -2.35. The summed E-state index contributed by atoms with van der Waals surface area (Å²) in [7, 11) is 1.70. The van der Waals surface area contributed by atoms with Crippen molar-refractivity contribution < 1.29 is 9.47 Å². The first-order valence-electron chi connectivity index (χ1n) is 6.48. The number of ether oxygens (including phenoxy) is 2. The fourth-order valence-corrected chi connectivity index (χ4v) is 2.41. The highest BCUT2D eigenvalue weighted by molar-refractivity contribution is 5.47. The number of rotatable bonds is 4. The third-order valence-electron chi connectivity index (χ3n) is 3.50. The molecular formula is C14H22N2O2. The molecule has 0 spiro atoms. The fourth-order valence-electron chi connectivity index (χ4n) is 2.41. The largest absolute Gasteiger partial charge is 0.496 e. The van der Waals surface area contributed by atoms with E-state index in [-0.39, 0.29) is 0 Å². The van der Waals surface area contributed by atoms with Gasteiger partial charge in [0.2, 0.25) is 0 Å². The zero-order chi connectivity index (χ0) is 13.0. The van der Waals surface area contributed by atoms with Gasteiger partial charge in [0, 0.05) is 30.4 Å². The number of benzene rings is 1. The Balaban J connectivity index is 2.14. The first kappa shape index (κ1) is 13.2. The summed E-state index contributed by atoms with van der Waals surface area (Å²) in [5, 5.41) is 0. The van der Waals surface area contributed by atoms with Gasteiger partial charge in [-0.15, -0.1) is 0 Å². The van der Waals surface area contributed by atoms with Crippen molar-refractivity contribution in [1.82, 2.24) is 4.90 Å². The molecule has 1 aromatic carbocycles. The van der Waals surface area contributed by atoms with E-state index in [4.69, 9.17) is 15.2 Å². The van der Waals surface area contributed by atoms with Gasteiger partial charge in [-0.3, -0.25) is 4.90 Å². The molecule has 4 heteroatoms. The molecule has 1 aliphatic rings. The van der Waals surface area contributed by atoms with Crippen LogP contribution in [0.1, 0.15) is 18.9 Å². The van der Waals surface area contributed by atoms with E-state index in [2.05, 4.69) is 11.8 Å². The van der Waals surface area contributed by atoms with Gasteiger partial charge in [0.05, 0.1) is 20.3 Å². The molecule has 1 aromatic rings. The number of morpholine rings is 1. The van der Waals surface area contributed by atoms with E-state index in [0.717, 1.165) is 49.7 Å².